The van der Waals surface area contributed by atoms with E-state index in [4.69, 9.17) is 9.47 Å². The Morgan fingerprint density at radius 1 is 1.06 bits per heavy atom. The van der Waals surface area contributed by atoms with Crippen LogP contribution in [0.4, 0.5) is 11.5 Å². The Labute approximate surface area is 114 Å². The second-order valence-electron chi connectivity index (χ2n) is 3.59. The van der Waals surface area contributed by atoms with Crippen LogP contribution in [-0.4, -0.2) is 19.2 Å². The molecule has 0 bridgehead atoms. The predicted octanol–water partition coefficient (Wildman–Crippen LogP) is 3.60. The van der Waals surface area contributed by atoms with Crippen LogP contribution in [0.25, 0.3) is 0 Å². The number of hydrogen-bond acceptors (Lipinski definition) is 4. The Morgan fingerprint density at radius 3 is 2.22 bits per heavy atom. The molecule has 0 aliphatic carbocycles. The van der Waals surface area contributed by atoms with Crippen molar-refractivity contribution in [3.05, 3.63) is 41.0 Å². The molecule has 4 nitrogen and oxygen atoms in total. The van der Waals surface area contributed by atoms with Crippen LogP contribution in [0.2, 0.25) is 0 Å². The molecule has 1 aromatic carbocycles. The quantitative estimate of drug-likeness (QED) is 0.937. The second kappa shape index (κ2) is 5.73. The molecular formula is C13H13BrN2O2. The van der Waals surface area contributed by atoms with E-state index in [1.165, 1.54) is 0 Å². The molecule has 0 aliphatic heterocycles. The van der Waals surface area contributed by atoms with Crippen LogP contribution >= 0.6 is 15.9 Å². The Kier molecular flexibility index (Phi) is 4.04. The number of benzene rings is 1. The van der Waals surface area contributed by atoms with E-state index in [0.29, 0.717) is 0 Å². The smallest absolute Gasteiger partial charge is 0.130 e. The molecule has 0 amide bonds. The molecule has 18 heavy (non-hydrogen) atoms. The van der Waals surface area contributed by atoms with Crippen LogP contribution in [0.5, 0.6) is 11.5 Å². The van der Waals surface area contributed by atoms with Gasteiger partial charge in [-0.15, -0.1) is 0 Å². The number of halogens is 1. The molecule has 2 aromatic rings. The summed E-state index contributed by atoms with van der Waals surface area (Å²) in [5.74, 6) is 2.22. The summed E-state index contributed by atoms with van der Waals surface area (Å²) in [6.07, 6.45) is 1.74. The lowest BCUT2D eigenvalue weighted by atomic mass is 10.2. The minimum Gasteiger partial charge on any atom is -0.497 e. The number of nitrogens with one attached hydrogen (secondary N) is 1. The van der Waals surface area contributed by atoms with E-state index < -0.39 is 0 Å². The molecule has 5 heteroatoms. The molecule has 1 heterocycles. The third-order valence-corrected chi connectivity index (χ3v) is 2.82. The molecule has 0 unspecified atom stereocenters. The Balaban J connectivity index is 2.25. The second-order valence-corrected chi connectivity index (χ2v) is 4.50. The maximum atomic E-state index is 5.21. The average Bonchev–Trinajstić information content (AvgIpc) is 2.41. The number of pyridine rings is 1. The van der Waals surface area contributed by atoms with Crippen LogP contribution in [-0.2, 0) is 0 Å². The van der Waals surface area contributed by atoms with E-state index in [2.05, 4.69) is 26.2 Å². The number of ether oxygens (including phenoxy) is 2. The van der Waals surface area contributed by atoms with Gasteiger partial charge in [0.25, 0.3) is 0 Å². The summed E-state index contributed by atoms with van der Waals surface area (Å²) in [4.78, 5) is 4.24. The number of nitrogens with zero attached hydrogens (tertiary/aromatic N) is 1. The van der Waals surface area contributed by atoms with Gasteiger partial charge < -0.3 is 14.8 Å². The first kappa shape index (κ1) is 12.7. The monoisotopic (exact) mass is 308 g/mol. The highest BCUT2D eigenvalue weighted by Gasteiger charge is 2.02. The van der Waals surface area contributed by atoms with Crippen molar-refractivity contribution < 1.29 is 9.47 Å². The number of hydrogen-bond donors (Lipinski definition) is 1. The molecule has 94 valence electrons. The SMILES string of the molecule is COc1cc(Nc2ccc(Br)cn2)cc(OC)c1. The van der Waals surface area contributed by atoms with Crippen molar-refractivity contribution in [3.63, 3.8) is 0 Å². The van der Waals surface area contributed by atoms with E-state index in [9.17, 15) is 0 Å². The molecule has 2 rings (SSSR count). The molecule has 0 aliphatic rings. The number of aromatic nitrogens is 1. The molecule has 0 saturated heterocycles. The standard InChI is InChI=1S/C13H13BrN2O2/c1-17-11-5-10(6-12(7-11)18-2)16-13-4-3-9(14)8-15-13/h3-8H,1-2H3,(H,15,16). The summed E-state index contributed by atoms with van der Waals surface area (Å²) in [6, 6.07) is 9.39. The van der Waals surface area contributed by atoms with Crippen molar-refractivity contribution in [1.29, 1.82) is 0 Å². The molecule has 0 spiro atoms. The van der Waals surface area contributed by atoms with Crippen molar-refractivity contribution in [2.45, 2.75) is 0 Å². The van der Waals surface area contributed by atoms with Gasteiger partial charge in [-0.25, -0.2) is 4.98 Å². The van der Waals surface area contributed by atoms with Gasteiger partial charge >= 0.3 is 0 Å². The van der Waals surface area contributed by atoms with E-state index in [0.717, 1.165) is 27.5 Å². The van der Waals surface area contributed by atoms with Crippen molar-refractivity contribution in [2.75, 3.05) is 19.5 Å². The lowest BCUT2D eigenvalue weighted by molar-refractivity contribution is 0.395. The minimum atomic E-state index is 0.731. The number of anilines is 2. The van der Waals surface area contributed by atoms with E-state index in [1.54, 1.807) is 20.4 Å². The van der Waals surface area contributed by atoms with Gasteiger partial charge in [-0.1, -0.05) is 0 Å². The van der Waals surface area contributed by atoms with Crippen LogP contribution in [0.15, 0.2) is 41.0 Å². The topological polar surface area (TPSA) is 43.4 Å². The Hall–Kier alpha value is -1.75. The van der Waals surface area contributed by atoms with Crippen molar-refractivity contribution >= 4 is 27.4 Å². The van der Waals surface area contributed by atoms with Gasteiger partial charge in [0.1, 0.15) is 17.3 Å². The highest BCUT2D eigenvalue weighted by atomic mass is 79.9. The summed E-state index contributed by atoms with van der Waals surface area (Å²) in [5, 5.41) is 3.19. The van der Waals surface area contributed by atoms with Gasteiger partial charge in [0, 0.05) is 34.6 Å². The first-order chi connectivity index (χ1) is 8.71. The van der Waals surface area contributed by atoms with Gasteiger partial charge in [-0.3, -0.25) is 0 Å². The fourth-order valence-corrected chi connectivity index (χ4v) is 1.71. The summed E-state index contributed by atoms with van der Waals surface area (Å²) in [6.45, 7) is 0. The maximum absolute atomic E-state index is 5.21. The summed E-state index contributed by atoms with van der Waals surface area (Å²) in [7, 11) is 3.24. The van der Waals surface area contributed by atoms with Crippen LogP contribution in [0.3, 0.4) is 0 Å². The zero-order valence-corrected chi connectivity index (χ0v) is 11.7. The maximum Gasteiger partial charge on any atom is 0.130 e. The predicted molar refractivity (Wildman–Crippen MR) is 74.8 cm³/mol. The van der Waals surface area contributed by atoms with Crippen molar-refractivity contribution in [1.82, 2.24) is 4.98 Å². The summed E-state index contributed by atoms with van der Waals surface area (Å²) >= 11 is 3.35. The molecule has 0 radical (unpaired) electrons. The fraction of sp³-hybridized carbons (Fsp3) is 0.154. The zero-order chi connectivity index (χ0) is 13.0. The molecule has 0 atom stereocenters. The van der Waals surface area contributed by atoms with E-state index in [1.807, 2.05) is 30.3 Å². The van der Waals surface area contributed by atoms with Gasteiger partial charge in [-0.2, -0.15) is 0 Å². The third kappa shape index (κ3) is 3.13. The van der Waals surface area contributed by atoms with Crippen LogP contribution in [0.1, 0.15) is 0 Å². The first-order valence-corrected chi connectivity index (χ1v) is 6.12. The highest BCUT2D eigenvalue weighted by molar-refractivity contribution is 9.10. The molecule has 1 N–H and O–H groups in total. The van der Waals surface area contributed by atoms with Crippen LogP contribution < -0.4 is 14.8 Å². The van der Waals surface area contributed by atoms with Gasteiger partial charge in [-0.05, 0) is 28.1 Å². The summed E-state index contributed by atoms with van der Waals surface area (Å²) < 4.78 is 11.4. The molecular weight excluding hydrogens is 296 g/mol. The van der Waals surface area contributed by atoms with Crippen molar-refractivity contribution in [2.24, 2.45) is 0 Å². The first-order valence-electron chi connectivity index (χ1n) is 5.33. The molecule has 0 fully saturated rings. The zero-order valence-electron chi connectivity index (χ0n) is 10.1. The van der Waals surface area contributed by atoms with Gasteiger partial charge in [0.05, 0.1) is 14.2 Å². The third-order valence-electron chi connectivity index (χ3n) is 2.35. The van der Waals surface area contributed by atoms with Crippen molar-refractivity contribution in [3.8, 4) is 11.5 Å². The lowest BCUT2D eigenvalue weighted by Gasteiger charge is -2.10. The van der Waals surface area contributed by atoms with E-state index in [-0.39, 0.29) is 0 Å². The fourth-order valence-electron chi connectivity index (χ4n) is 1.48. The minimum absolute atomic E-state index is 0.731. The largest absolute Gasteiger partial charge is 0.497 e. The van der Waals surface area contributed by atoms with Crippen LogP contribution in [0, 0.1) is 0 Å². The molecule has 1 aromatic heterocycles. The number of rotatable bonds is 4. The Morgan fingerprint density at radius 2 is 1.72 bits per heavy atom. The average molecular weight is 309 g/mol. The van der Waals surface area contributed by atoms with Gasteiger partial charge in [0.15, 0.2) is 0 Å². The van der Waals surface area contributed by atoms with Gasteiger partial charge in [0.2, 0.25) is 0 Å². The Bertz CT molecular complexity index is 507. The lowest BCUT2D eigenvalue weighted by Crippen LogP contribution is -1.95. The normalized spacial score (nSPS) is 9.94. The highest BCUT2D eigenvalue weighted by Crippen LogP contribution is 2.27. The summed E-state index contributed by atoms with van der Waals surface area (Å²) in [5.41, 5.74) is 0.862. The molecule has 0 saturated carbocycles. The number of methoxy groups -OCH3 is 2. The van der Waals surface area contributed by atoms with E-state index >= 15 is 0 Å².